The van der Waals surface area contributed by atoms with Gasteiger partial charge in [0.15, 0.2) is 0 Å². The summed E-state index contributed by atoms with van der Waals surface area (Å²) in [5.74, 6) is 0.869. The van der Waals surface area contributed by atoms with E-state index in [2.05, 4.69) is 41.7 Å². The lowest BCUT2D eigenvalue weighted by molar-refractivity contribution is 0.0337. The molecule has 0 spiro atoms. The Kier molecular flexibility index (Phi) is 7.20. The number of morpholine rings is 1. The van der Waals surface area contributed by atoms with E-state index in [0.717, 1.165) is 43.4 Å². The van der Waals surface area contributed by atoms with Crippen LogP contribution in [0.4, 0.5) is 10.8 Å². The number of amides is 1. The Morgan fingerprint density at radius 1 is 1.37 bits per heavy atom. The van der Waals surface area contributed by atoms with Gasteiger partial charge >= 0.3 is 0 Å². The molecular formula is C18H20IN7O2S2. The van der Waals surface area contributed by atoms with Gasteiger partial charge in [-0.25, -0.2) is 9.67 Å². The second kappa shape index (κ2) is 10.0. The SMILES string of the molecule is NC(=O)c1cc(-c2cn(CSI)nn2)sc1Nc1cccc(CN2CCOCC2)n1. The van der Waals surface area contributed by atoms with E-state index in [1.807, 2.05) is 24.4 Å². The lowest BCUT2D eigenvalue weighted by Crippen LogP contribution is -2.35. The Labute approximate surface area is 194 Å². The van der Waals surface area contributed by atoms with E-state index in [-0.39, 0.29) is 0 Å². The van der Waals surface area contributed by atoms with Crippen molar-refractivity contribution in [1.82, 2.24) is 24.9 Å². The predicted molar refractivity (Wildman–Crippen MR) is 127 cm³/mol. The number of aromatic nitrogens is 4. The molecule has 0 aliphatic carbocycles. The molecule has 0 saturated carbocycles. The summed E-state index contributed by atoms with van der Waals surface area (Å²) in [5.41, 5.74) is 7.68. The standard InChI is InChI=1S/C18H20IN7O2S2/c19-29-11-26-10-14(23-24-26)15-8-13(17(20)27)18(30-15)22-16-3-1-2-12(21-16)9-25-4-6-28-7-5-25/h1-3,8,10H,4-7,9,11H2,(H2,20,27)(H,21,22). The molecule has 4 heterocycles. The van der Waals surface area contributed by atoms with E-state index >= 15 is 0 Å². The second-order valence-electron chi connectivity index (χ2n) is 6.63. The largest absolute Gasteiger partial charge is 0.379 e. The van der Waals surface area contributed by atoms with Crippen LogP contribution in [0.15, 0.2) is 30.5 Å². The molecule has 3 aromatic heterocycles. The summed E-state index contributed by atoms with van der Waals surface area (Å²) in [7, 11) is 1.62. The smallest absolute Gasteiger partial charge is 0.251 e. The summed E-state index contributed by atoms with van der Waals surface area (Å²) in [6.45, 7) is 4.06. The molecule has 30 heavy (non-hydrogen) atoms. The van der Waals surface area contributed by atoms with E-state index in [9.17, 15) is 4.79 Å². The lowest BCUT2D eigenvalue weighted by Gasteiger charge is -2.26. The summed E-state index contributed by atoms with van der Waals surface area (Å²) in [5, 5.41) is 12.2. The van der Waals surface area contributed by atoms with Crippen LogP contribution in [0.3, 0.4) is 0 Å². The van der Waals surface area contributed by atoms with Gasteiger partial charge < -0.3 is 15.8 Å². The minimum Gasteiger partial charge on any atom is -0.379 e. The number of carbonyl (C=O) groups excluding carboxylic acids is 1. The highest BCUT2D eigenvalue weighted by Crippen LogP contribution is 2.36. The molecule has 3 N–H and O–H groups in total. The van der Waals surface area contributed by atoms with Crippen molar-refractivity contribution in [3.05, 3.63) is 41.7 Å². The van der Waals surface area contributed by atoms with Gasteiger partial charge in [0.1, 0.15) is 16.5 Å². The molecule has 9 nitrogen and oxygen atoms in total. The molecule has 0 atom stereocenters. The van der Waals surface area contributed by atoms with Gasteiger partial charge in [-0.3, -0.25) is 9.69 Å². The zero-order valence-corrected chi connectivity index (χ0v) is 19.7. The fourth-order valence-corrected chi connectivity index (χ4v) is 5.16. The van der Waals surface area contributed by atoms with E-state index in [4.69, 9.17) is 15.5 Å². The van der Waals surface area contributed by atoms with Crippen LogP contribution in [0, 0.1) is 0 Å². The highest BCUT2D eigenvalue weighted by molar-refractivity contribution is 14.2. The number of nitrogens with two attached hydrogens (primary N) is 1. The van der Waals surface area contributed by atoms with Gasteiger partial charge in [-0.15, -0.1) is 16.4 Å². The molecule has 1 saturated heterocycles. The average molecular weight is 557 g/mol. The average Bonchev–Trinajstić information content (AvgIpc) is 3.37. The molecule has 3 aromatic rings. The molecule has 1 aliphatic heterocycles. The van der Waals surface area contributed by atoms with Crippen molar-refractivity contribution >= 4 is 58.2 Å². The fraction of sp³-hybridized carbons (Fsp3) is 0.333. The number of nitrogens with zero attached hydrogens (tertiary/aromatic N) is 5. The Morgan fingerprint density at radius 2 is 2.20 bits per heavy atom. The monoisotopic (exact) mass is 557 g/mol. The molecule has 0 unspecified atom stereocenters. The fourth-order valence-electron chi connectivity index (χ4n) is 3.06. The molecule has 0 bridgehead atoms. The maximum atomic E-state index is 12.0. The number of thiophene rings is 1. The highest BCUT2D eigenvalue weighted by atomic mass is 127. The Morgan fingerprint density at radius 3 is 2.97 bits per heavy atom. The number of carbonyl (C=O) groups is 1. The number of pyridine rings is 1. The first-order chi connectivity index (χ1) is 14.6. The van der Waals surface area contributed by atoms with Crippen LogP contribution in [0.1, 0.15) is 16.1 Å². The van der Waals surface area contributed by atoms with Crippen molar-refractivity contribution in [2.24, 2.45) is 5.73 Å². The van der Waals surface area contributed by atoms with Crippen LogP contribution >= 0.6 is 41.5 Å². The maximum Gasteiger partial charge on any atom is 0.251 e. The molecule has 0 radical (unpaired) electrons. The van der Waals surface area contributed by atoms with Gasteiger partial charge in [0.2, 0.25) is 0 Å². The third kappa shape index (κ3) is 5.29. The summed E-state index contributed by atoms with van der Waals surface area (Å²) in [6.07, 6.45) is 1.85. The van der Waals surface area contributed by atoms with Crippen LogP contribution in [0.2, 0.25) is 0 Å². The number of hydrogen-bond acceptors (Lipinski definition) is 9. The first-order valence-corrected chi connectivity index (χ1v) is 13.6. The van der Waals surface area contributed by atoms with Gasteiger partial charge in [-0.2, -0.15) is 0 Å². The highest BCUT2D eigenvalue weighted by Gasteiger charge is 2.18. The zero-order valence-electron chi connectivity index (χ0n) is 16.0. The van der Waals surface area contributed by atoms with Crippen LogP contribution < -0.4 is 11.1 Å². The van der Waals surface area contributed by atoms with Gasteiger partial charge in [0, 0.05) is 19.6 Å². The van der Waals surface area contributed by atoms with Crippen molar-refractivity contribution in [3.8, 4) is 10.6 Å². The van der Waals surface area contributed by atoms with Gasteiger partial charge in [-0.05, 0) is 39.4 Å². The van der Waals surface area contributed by atoms with Crippen LogP contribution in [-0.4, -0.2) is 57.1 Å². The molecule has 1 amide bonds. The van der Waals surface area contributed by atoms with E-state index in [1.165, 1.54) is 11.3 Å². The number of ether oxygens (including phenoxy) is 1. The zero-order chi connectivity index (χ0) is 20.9. The van der Waals surface area contributed by atoms with Crippen LogP contribution in [0.25, 0.3) is 10.6 Å². The van der Waals surface area contributed by atoms with E-state index in [0.29, 0.717) is 28.0 Å². The van der Waals surface area contributed by atoms with E-state index in [1.54, 1.807) is 19.7 Å². The van der Waals surface area contributed by atoms with Gasteiger partial charge in [0.25, 0.3) is 5.91 Å². The Bertz CT molecular complexity index is 1020. The van der Waals surface area contributed by atoms with Crippen LogP contribution in [-0.2, 0) is 17.2 Å². The van der Waals surface area contributed by atoms with E-state index < -0.39 is 5.91 Å². The minimum atomic E-state index is -0.500. The normalized spacial score (nSPS) is 14.7. The summed E-state index contributed by atoms with van der Waals surface area (Å²) in [4.78, 5) is 19.8. The van der Waals surface area contributed by atoms with Gasteiger partial charge in [0.05, 0.1) is 41.4 Å². The number of anilines is 2. The van der Waals surface area contributed by atoms with Crippen molar-refractivity contribution in [2.45, 2.75) is 12.4 Å². The van der Waals surface area contributed by atoms with Crippen molar-refractivity contribution in [3.63, 3.8) is 0 Å². The molecule has 12 heteroatoms. The summed E-state index contributed by atoms with van der Waals surface area (Å²) >= 11 is 3.61. The Hall–Kier alpha value is -1.74. The lowest BCUT2D eigenvalue weighted by atomic mass is 10.2. The number of rotatable bonds is 8. The summed E-state index contributed by atoms with van der Waals surface area (Å²) < 4.78 is 7.15. The number of hydrogen-bond donors (Lipinski definition) is 2. The van der Waals surface area contributed by atoms with Crippen molar-refractivity contribution in [2.75, 3.05) is 31.6 Å². The molecule has 158 valence electrons. The maximum absolute atomic E-state index is 12.0. The van der Waals surface area contributed by atoms with Crippen molar-refractivity contribution < 1.29 is 9.53 Å². The number of halogens is 1. The molecule has 4 rings (SSSR count). The first-order valence-electron chi connectivity index (χ1n) is 9.23. The third-order valence-electron chi connectivity index (χ3n) is 4.51. The topological polar surface area (TPSA) is 111 Å². The molecule has 1 aliphatic rings. The predicted octanol–water partition coefficient (Wildman–Crippen LogP) is 3.12. The molecule has 1 fully saturated rings. The minimum absolute atomic E-state index is 0.410. The molecular weight excluding hydrogens is 537 g/mol. The first kappa shape index (κ1) is 21.5. The second-order valence-corrected chi connectivity index (χ2v) is 10.0. The Balaban J connectivity index is 1.54. The van der Waals surface area contributed by atoms with Crippen LogP contribution in [0.5, 0.6) is 0 Å². The third-order valence-corrected chi connectivity index (χ3v) is 6.78. The quantitative estimate of drug-likeness (QED) is 0.407. The number of primary amides is 1. The van der Waals surface area contributed by atoms with Crippen molar-refractivity contribution in [1.29, 1.82) is 0 Å². The summed E-state index contributed by atoms with van der Waals surface area (Å²) in [6, 6.07) is 7.58. The number of nitrogens with one attached hydrogen (secondary N) is 1. The van der Waals surface area contributed by atoms with Gasteiger partial charge in [-0.1, -0.05) is 20.2 Å². The molecule has 0 aromatic carbocycles.